The first-order chi connectivity index (χ1) is 8.58. The fourth-order valence-electron chi connectivity index (χ4n) is 1.52. The molecule has 1 atom stereocenters. The van der Waals surface area contributed by atoms with Gasteiger partial charge in [0.05, 0.1) is 23.1 Å². The second-order valence-electron chi connectivity index (χ2n) is 3.97. The van der Waals surface area contributed by atoms with Crippen molar-refractivity contribution >= 4 is 31.9 Å². The number of nitrogens with one attached hydrogen (secondary N) is 1. The topological polar surface area (TPSA) is 45.0 Å². The van der Waals surface area contributed by atoms with Crippen LogP contribution in [0.4, 0.5) is 0 Å². The monoisotopic (exact) mass is 374 g/mol. The number of halogens is 2. The lowest BCUT2D eigenvalue weighted by molar-refractivity contribution is 0.333. The third-order valence-electron chi connectivity index (χ3n) is 2.36. The van der Waals surface area contributed by atoms with E-state index in [0.29, 0.717) is 19.7 Å². The van der Waals surface area contributed by atoms with Crippen molar-refractivity contribution in [3.8, 4) is 11.8 Å². The van der Waals surface area contributed by atoms with E-state index in [1.165, 1.54) is 0 Å². The molecule has 0 aromatic heterocycles. The van der Waals surface area contributed by atoms with Gasteiger partial charge in [0.2, 0.25) is 0 Å². The van der Waals surface area contributed by atoms with E-state index in [9.17, 15) is 0 Å². The summed E-state index contributed by atoms with van der Waals surface area (Å²) in [4.78, 5) is 0. The number of rotatable bonds is 6. The lowest BCUT2D eigenvalue weighted by Crippen LogP contribution is -2.20. The van der Waals surface area contributed by atoms with Crippen molar-refractivity contribution in [2.45, 2.75) is 20.4 Å². The van der Waals surface area contributed by atoms with Crippen LogP contribution in [-0.2, 0) is 6.54 Å². The highest BCUT2D eigenvalue weighted by atomic mass is 79.9. The predicted octanol–water partition coefficient (Wildman–Crippen LogP) is 3.86. The average Bonchev–Trinajstić information content (AvgIpc) is 2.33. The van der Waals surface area contributed by atoms with Crippen molar-refractivity contribution in [2.24, 2.45) is 5.92 Å². The van der Waals surface area contributed by atoms with E-state index in [2.05, 4.69) is 43.2 Å². The third-order valence-corrected chi connectivity index (χ3v) is 3.41. The van der Waals surface area contributed by atoms with Crippen molar-refractivity contribution in [1.82, 2.24) is 5.32 Å². The van der Waals surface area contributed by atoms with Crippen LogP contribution in [0.25, 0.3) is 0 Å². The van der Waals surface area contributed by atoms with Crippen LogP contribution >= 0.6 is 31.9 Å². The Balaban J connectivity index is 2.77. The second kappa shape index (κ2) is 7.78. The normalized spacial score (nSPS) is 11.9. The van der Waals surface area contributed by atoms with Gasteiger partial charge in [-0.25, -0.2) is 0 Å². The summed E-state index contributed by atoms with van der Waals surface area (Å²) in [5.41, 5.74) is 1.07. The average molecular weight is 376 g/mol. The molecule has 18 heavy (non-hydrogen) atoms. The van der Waals surface area contributed by atoms with E-state index in [-0.39, 0.29) is 5.92 Å². The zero-order valence-corrected chi connectivity index (χ0v) is 13.6. The van der Waals surface area contributed by atoms with Crippen molar-refractivity contribution in [2.75, 3.05) is 13.2 Å². The summed E-state index contributed by atoms with van der Waals surface area (Å²) in [6.07, 6.45) is 0. The molecule has 0 aliphatic heterocycles. The van der Waals surface area contributed by atoms with Crippen LogP contribution in [0.3, 0.4) is 0 Å². The van der Waals surface area contributed by atoms with E-state index in [1.54, 1.807) is 0 Å². The van der Waals surface area contributed by atoms with Gasteiger partial charge in [0, 0.05) is 23.1 Å². The molecule has 1 aromatic carbocycles. The Labute approximate surface area is 125 Å². The first-order valence-corrected chi connectivity index (χ1v) is 7.38. The van der Waals surface area contributed by atoms with Crippen LogP contribution < -0.4 is 10.1 Å². The van der Waals surface area contributed by atoms with E-state index in [1.807, 2.05) is 26.0 Å². The minimum Gasteiger partial charge on any atom is -0.492 e. The molecule has 0 fully saturated rings. The van der Waals surface area contributed by atoms with Gasteiger partial charge in [0.1, 0.15) is 5.75 Å². The molecule has 98 valence electrons. The summed E-state index contributed by atoms with van der Waals surface area (Å²) in [5, 5.41) is 12.0. The molecule has 0 radical (unpaired) electrons. The van der Waals surface area contributed by atoms with Gasteiger partial charge in [-0.1, -0.05) is 15.9 Å². The van der Waals surface area contributed by atoms with Gasteiger partial charge in [-0.2, -0.15) is 5.26 Å². The summed E-state index contributed by atoms with van der Waals surface area (Å²) in [6, 6.07) is 6.19. The Morgan fingerprint density at radius 1 is 1.44 bits per heavy atom. The van der Waals surface area contributed by atoms with Gasteiger partial charge in [0.25, 0.3) is 0 Å². The zero-order valence-electron chi connectivity index (χ0n) is 10.5. The molecule has 1 N–H and O–H groups in total. The minimum atomic E-state index is 0.0103. The number of benzene rings is 1. The molecule has 0 spiro atoms. The Morgan fingerprint density at radius 2 is 2.17 bits per heavy atom. The summed E-state index contributed by atoms with van der Waals surface area (Å²) < 4.78 is 7.57. The lowest BCUT2D eigenvalue weighted by Gasteiger charge is -2.14. The maximum atomic E-state index is 8.73. The molecule has 0 aliphatic rings. The summed E-state index contributed by atoms with van der Waals surface area (Å²) >= 11 is 6.97. The smallest absolute Gasteiger partial charge is 0.138 e. The number of nitrogens with zero attached hydrogens (tertiary/aromatic N) is 1. The SMILES string of the molecule is CCOc1c(Br)cc(Br)cc1CNCC(C)C#N. The van der Waals surface area contributed by atoms with Gasteiger partial charge in [-0.3, -0.25) is 0 Å². The zero-order chi connectivity index (χ0) is 13.5. The molecule has 3 nitrogen and oxygen atoms in total. The van der Waals surface area contributed by atoms with Crippen LogP contribution in [0.1, 0.15) is 19.4 Å². The summed E-state index contributed by atoms with van der Waals surface area (Å²) in [5.74, 6) is 0.869. The Hall–Kier alpha value is -0.570. The highest BCUT2D eigenvalue weighted by Crippen LogP contribution is 2.32. The molecule has 1 rings (SSSR count). The standard InChI is InChI=1S/C13H16Br2N2O/c1-3-18-13-10(4-11(14)5-12(13)15)8-17-7-9(2)6-16/h4-5,9,17H,3,7-8H2,1-2H3. The fourth-order valence-corrected chi connectivity index (χ4v) is 2.95. The van der Waals surface area contributed by atoms with Crippen LogP contribution in [0.15, 0.2) is 21.1 Å². The molecular formula is C13H16Br2N2O. The number of hydrogen-bond acceptors (Lipinski definition) is 3. The van der Waals surface area contributed by atoms with Gasteiger partial charge in [-0.05, 0) is 41.9 Å². The molecule has 1 unspecified atom stereocenters. The van der Waals surface area contributed by atoms with Crippen molar-refractivity contribution < 1.29 is 4.74 Å². The predicted molar refractivity (Wildman–Crippen MR) is 79.5 cm³/mol. The quantitative estimate of drug-likeness (QED) is 0.820. The molecule has 0 saturated carbocycles. The lowest BCUT2D eigenvalue weighted by atomic mass is 10.1. The Kier molecular flexibility index (Phi) is 6.69. The molecule has 0 saturated heterocycles. The van der Waals surface area contributed by atoms with Crippen molar-refractivity contribution in [1.29, 1.82) is 5.26 Å². The van der Waals surface area contributed by atoms with Gasteiger partial charge >= 0.3 is 0 Å². The highest BCUT2D eigenvalue weighted by molar-refractivity contribution is 9.11. The first-order valence-electron chi connectivity index (χ1n) is 5.79. The fraction of sp³-hybridized carbons (Fsp3) is 0.462. The third kappa shape index (κ3) is 4.60. The van der Waals surface area contributed by atoms with Crippen LogP contribution in [0, 0.1) is 17.2 Å². The van der Waals surface area contributed by atoms with Crippen molar-refractivity contribution in [3.05, 3.63) is 26.6 Å². The second-order valence-corrected chi connectivity index (χ2v) is 5.74. The largest absolute Gasteiger partial charge is 0.492 e. The molecule has 0 aliphatic carbocycles. The van der Waals surface area contributed by atoms with Gasteiger partial charge in [-0.15, -0.1) is 0 Å². The minimum absolute atomic E-state index is 0.0103. The molecule has 1 aromatic rings. The van der Waals surface area contributed by atoms with Gasteiger partial charge < -0.3 is 10.1 Å². The van der Waals surface area contributed by atoms with Gasteiger partial charge in [0.15, 0.2) is 0 Å². The number of nitriles is 1. The van der Waals surface area contributed by atoms with E-state index in [0.717, 1.165) is 20.3 Å². The number of hydrogen-bond donors (Lipinski definition) is 1. The first kappa shape index (κ1) is 15.5. The van der Waals surface area contributed by atoms with E-state index in [4.69, 9.17) is 10.00 Å². The summed E-state index contributed by atoms with van der Waals surface area (Å²) in [7, 11) is 0. The molecule has 0 heterocycles. The highest BCUT2D eigenvalue weighted by Gasteiger charge is 2.10. The molecular weight excluding hydrogens is 360 g/mol. The summed E-state index contributed by atoms with van der Waals surface area (Å²) in [6.45, 7) is 5.84. The molecule has 0 amide bonds. The van der Waals surface area contributed by atoms with Crippen LogP contribution in [0.5, 0.6) is 5.75 Å². The maximum absolute atomic E-state index is 8.73. The van der Waals surface area contributed by atoms with E-state index >= 15 is 0 Å². The van der Waals surface area contributed by atoms with E-state index < -0.39 is 0 Å². The van der Waals surface area contributed by atoms with Crippen LogP contribution in [-0.4, -0.2) is 13.2 Å². The molecule has 0 bridgehead atoms. The Morgan fingerprint density at radius 3 is 2.78 bits per heavy atom. The van der Waals surface area contributed by atoms with Crippen molar-refractivity contribution in [3.63, 3.8) is 0 Å². The number of ether oxygens (including phenoxy) is 1. The molecule has 5 heteroatoms. The Bertz CT molecular complexity index is 443. The van der Waals surface area contributed by atoms with Crippen LogP contribution in [0.2, 0.25) is 0 Å². The maximum Gasteiger partial charge on any atom is 0.138 e.